The Morgan fingerprint density at radius 3 is 2.32 bits per heavy atom. The van der Waals surface area contributed by atoms with Gasteiger partial charge in [0, 0.05) is 24.6 Å². The van der Waals surface area contributed by atoms with Crippen LogP contribution in [0.5, 0.6) is 0 Å². The quantitative estimate of drug-likeness (QED) is 0.823. The van der Waals surface area contributed by atoms with Gasteiger partial charge in [0.2, 0.25) is 0 Å². The molecule has 0 spiro atoms. The zero-order valence-corrected chi connectivity index (χ0v) is 12.7. The van der Waals surface area contributed by atoms with Gasteiger partial charge < -0.3 is 10.6 Å². The molecule has 0 amide bonds. The van der Waals surface area contributed by atoms with Crippen LogP contribution < -0.4 is 10.6 Å². The number of nitrogens with zero attached hydrogens (tertiary/aromatic N) is 2. The summed E-state index contributed by atoms with van der Waals surface area (Å²) in [5.74, 6) is 4.21. The van der Waals surface area contributed by atoms with Crippen molar-refractivity contribution >= 4 is 11.6 Å². The van der Waals surface area contributed by atoms with Crippen molar-refractivity contribution < 1.29 is 0 Å². The lowest BCUT2D eigenvalue weighted by molar-refractivity contribution is 0.538. The van der Waals surface area contributed by atoms with E-state index >= 15 is 0 Å². The summed E-state index contributed by atoms with van der Waals surface area (Å²) in [4.78, 5) is 9.35. The van der Waals surface area contributed by atoms with Gasteiger partial charge in [-0.1, -0.05) is 13.8 Å². The molecule has 4 heteroatoms. The lowest BCUT2D eigenvalue weighted by Crippen LogP contribution is -2.20. The number of nitrogens with one attached hydrogen (secondary N) is 2. The first kappa shape index (κ1) is 14.1. The molecule has 4 nitrogen and oxygen atoms in total. The molecule has 1 atom stereocenters. The van der Waals surface area contributed by atoms with E-state index in [-0.39, 0.29) is 0 Å². The highest BCUT2D eigenvalue weighted by molar-refractivity contribution is 5.57. The molecule has 2 rings (SSSR count). The number of hydrogen-bond donors (Lipinski definition) is 2. The van der Waals surface area contributed by atoms with E-state index in [1.165, 1.54) is 12.8 Å². The van der Waals surface area contributed by atoms with Crippen LogP contribution in [0.4, 0.5) is 11.6 Å². The monoisotopic (exact) mass is 262 g/mol. The van der Waals surface area contributed by atoms with Gasteiger partial charge in [0.05, 0.1) is 0 Å². The minimum atomic E-state index is 0.436. The van der Waals surface area contributed by atoms with Crippen molar-refractivity contribution in [3.05, 3.63) is 11.4 Å². The Balaban J connectivity index is 2.20. The minimum Gasteiger partial charge on any atom is -0.373 e. The van der Waals surface area contributed by atoms with Crippen molar-refractivity contribution in [2.75, 3.05) is 17.7 Å². The second kappa shape index (κ2) is 5.76. The molecule has 2 N–H and O–H groups in total. The molecule has 1 aromatic heterocycles. The normalized spacial score (nSPS) is 16.5. The lowest BCUT2D eigenvalue weighted by atomic mass is 10.1. The van der Waals surface area contributed by atoms with E-state index in [0.717, 1.165) is 29.4 Å². The highest BCUT2D eigenvalue weighted by atomic mass is 15.1. The summed E-state index contributed by atoms with van der Waals surface area (Å²) in [5, 5.41) is 6.73. The minimum absolute atomic E-state index is 0.436. The molecule has 1 saturated carbocycles. The number of anilines is 2. The van der Waals surface area contributed by atoms with Crippen LogP contribution in [0.2, 0.25) is 0 Å². The fourth-order valence-electron chi connectivity index (χ4n) is 2.44. The van der Waals surface area contributed by atoms with Crippen LogP contribution in [-0.4, -0.2) is 23.1 Å². The summed E-state index contributed by atoms with van der Waals surface area (Å²) in [5.41, 5.74) is 1.11. The molecule has 1 unspecified atom stereocenters. The third-order valence-corrected chi connectivity index (χ3v) is 3.55. The lowest BCUT2D eigenvalue weighted by Gasteiger charge is -2.19. The maximum absolute atomic E-state index is 4.73. The van der Waals surface area contributed by atoms with Crippen molar-refractivity contribution in [3.8, 4) is 0 Å². The zero-order chi connectivity index (χ0) is 14.0. The van der Waals surface area contributed by atoms with Crippen LogP contribution in [0.15, 0.2) is 0 Å². The van der Waals surface area contributed by atoms with Crippen LogP contribution in [0.1, 0.15) is 57.3 Å². The maximum atomic E-state index is 4.73. The predicted molar refractivity (Wildman–Crippen MR) is 80.8 cm³/mol. The first-order valence-corrected chi connectivity index (χ1v) is 7.34. The van der Waals surface area contributed by atoms with Gasteiger partial charge >= 0.3 is 0 Å². The Morgan fingerprint density at radius 2 is 1.79 bits per heavy atom. The van der Waals surface area contributed by atoms with Crippen LogP contribution in [0, 0.1) is 12.8 Å². The van der Waals surface area contributed by atoms with E-state index in [1.54, 1.807) is 0 Å². The standard InChI is InChI=1S/C15H26N4/c1-9(2)8-10(3)17-14-11(4)13(16-5)18-15(19-14)12-6-7-12/h9-10,12H,6-8H2,1-5H3,(H2,16,17,18,19). The Hall–Kier alpha value is -1.32. The average molecular weight is 262 g/mol. The second-order valence-electron chi connectivity index (χ2n) is 6.10. The van der Waals surface area contributed by atoms with E-state index < -0.39 is 0 Å². The van der Waals surface area contributed by atoms with Gasteiger partial charge in [-0.25, -0.2) is 9.97 Å². The molecule has 1 aliphatic carbocycles. The van der Waals surface area contributed by atoms with Crippen molar-refractivity contribution in [2.45, 2.75) is 58.9 Å². The molecular weight excluding hydrogens is 236 g/mol. The molecular formula is C15H26N4. The van der Waals surface area contributed by atoms with Crippen molar-refractivity contribution in [3.63, 3.8) is 0 Å². The molecule has 1 aliphatic rings. The maximum Gasteiger partial charge on any atom is 0.136 e. The third kappa shape index (κ3) is 3.58. The van der Waals surface area contributed by atoms with Crippen LogP contribution in [-0.2, 0) is 0 Å². The summed E-state index contributed by atoms with van der Waals surface area (Å²) in [6, 6.07) is 0.436. The molecule has 0 bridgehead atoms. The summed E-state index contributed by atoms with van der Waals surface area (Å²) < 4.78 is 0. The third-order valence-electron chi connectivity index (χ3n) is 3.55. The van der Waals surface area contributed by atoms with E-state index in [4.69, 9.17) is 4.98 Å². The first-order valence-electron chi connectivity index (χ1n) is 7.34. The fraction of sp³-hybridized carbons (Fsp3) is 0.733. The van der Waals surface area contributed by atoms with Crippen LogP contribution in [0.25, 0.3) is 0 Å². The van der Waals surface area contributed by atoms with E-state index in [2.05, 4.69) is 43.3 Å². The molecule has 0 aromatic carbocycles. The van der Waals surface area contributed by atoms with Gasteiger partial charge in [0.25, 0.3) is 0 Å². The van der Waals surface area contributed by atoms with Gasteiger partial charge in [0.1, 0.15) is 17.5 Å². The first-order chi connectivity index (χ1) is 9.01. The Morgan fingerprint density at radius 1 is 1.16 bits per heavy atom. The van der Waals surface area contributed by atoms with Gasteiger partial charge in [-0.3, -0.25) is 0 Å². The van der Waals surface area contributed by atoms with E-state index in [1.807, 2.05) is 7.05 Å². The Bertz CT molecular complexity index is 438. The van der Waals surface area contributed by atoms with Crippen molar-refractivity contribution in [1.29, 1.82) is 0 Å². The molecule has 1 heterocycles. The summed E-state index contributed by atoms with van der Waals surface area (Å²) in [6.07, 6.45) is 3.61. The van der Waals surface area contributed by atoms with E-state index in [9.17, 15) is 0 Å². The molecule has 0 radical (unpaired) electrons. The highest BCUT2D eigenvalue weighted by Crippen LogP contribution is 2.39. The van der Waals surface area contributed by atoms with E-state index in [0.29, 0.717) is 17.9 Å². The Kier molecular flexibility index (Phi) is 4.27. The zero-order valence-electron chi connectivity index (χ0n) is 12.7. The van der Waals surface area contributed by atoms with Crippen LogP contribution >= 0.6 is 0 Å². The van der Waals surface area contributed by atoms with Gasteiger partial charge in [0.15, 0.2) is 0 Å². The molecule has 1 aromatic rings. The highest BCUT2D eigenvalue weighted by Gasteiger charge is 2.28. The van der Waals surface area contributed by atoms with Gasteiger partial charge in [-0.15, -0.1) is 0 Å². The number of aromatic nitrogens is 2. The molecule has 0 saturated heterocycles. The predicted octanol–water partition coefficient (Wildman–Crippen LogP) is 3.55. The second-order valence-corrected chi connectivity index (χ2v) is 6.10. The average Bonchev–Trinajstić information content (AvgIpc) is 3.14. The smallest absolute Gasteiger partial charge is 0.136 e. The molecule has 19 heavy (non-hydrogen) atoms. The van der Waals surface area contributed by atoms with Gasteiger partial charge in [-0.2, -0.15) is 0 Å². The van der Waals surface area contributed by atoms with Crippen molar-refractivity contribution in [1.82, 2.24) is 9.97 Å². The number of hydrogen-bond acceptors (Lipinski definition) is 4. The summed E-state index contributed by atoms with van der Waals surface area (Å²) in [7, 11) is 1.92. The molecule has 1 fully saturated rings. The topological polar surface area (TPSA) is 49.8 Å². The van der Waals surface area contributed by atoms with Crippen molar-refractivity contribution in [2.24, 2.45) is 5.92 Å². The number of rotatable bonds is 6. The molecule has 106 valence electrons. The summed E-state index contributed by atoms with van der Waals surface area (Å²) >= 11 is 0. The Labute approximate surface area is 116 Å². The largest absolute Gasteiger partial charge is 0.373 e. The van der Waals surface area contributed by atoms with Crippen LogP contribution in [0.3, 0.4) is 0 Å². The SMILES string of the molecule is CNc1nc(C2CC2)nc(NC(C)CC(C)C)c1C. The summed E-state index contributed by atoms with van der Waals surface area (Å²) in [6.45, 7) is 8.80. The van der Waals surface area contributed by atoms with Gasteiger partial charge in [-0.05, 0) is 39.0 Å². The molecule has 0 aliphatic heterocycles. The fourth-order valence-corrected chi connectivity index (χ4v) is 2.44.